The van der Waals surface area contributed by atoms with Crippen LogP contribution in [-0.4, -0.2) is 0 Å². The monoisotopic (exact) mass is 651 g/mol. The van der Waals surface area contributed by atoms with Gasteiger partial charge in [0.15, 0.2) is 0 Å². The third kappa shape index (κ3) is 5.26. The topological polar surface area (TPSA) is 3.24 Å². The SMILES string of the molecule is Cc1cccc(C2(c3cccc(N(c4ccc(-c5ccccc5)cc4)c4ccc(-c5ccccc5)cc4)c3)c3ccccc3-c3ccccc32)c1. The summed E-state index contributed by atoms with van der Waals surface area (Å²) < 4.78 is 0. The lowest BCUT2D eigenvalue weighted by Crippen LogP contribution is -2.29. The zero-order valence-corrected chi connectivity index (χ0v) is 28.6. The fourth-order valence-electron chi connectivity index (χ4n) is 8.09. The summed E-state index contributed by atoms with van der Waals surface area (Å²) in [5, 5.41) is 0. The Kier molecular flexibility index (Phi) is 7.67. The molecule has 9 rings (SSSR count). The van der Waals surface area contributed by atoms with Gasteiger partial charge in [0.25, 0.3) is 0 Å². The maximum atomic E-state index is 2.41. The molecule has 1 heteroatoms. The standard InChI is InChI=1S/C50H37N/c1-36-14-12-19-41(34-36)50(48-24-10-8-22-46(48)47-23-9-11-25-49(47)50)42-20-13-21-45(35-42)51(43-30-26-39(27-31-43)37-15-4-2-5-16-37)44-32-28-40(29-33-44)38-17-6-3-7-18-38/h2-35H,1H3. The van der Waals surface area contributed by atoms with Crippen molar-refractivity contribution in [3.63, 3.8) is 0 Å². The zero-order chi connectivity index (χ0) is 34.2. The molecule has 0 aromatic heterocycles. The van der Waals surface area contributed by atoms with Crippen LogP contribution in [0.25, 0.3) is 33.4 Å². The number of anilines is 3. The van der Waals surface area contributed by atoms with Gasteiger partial charge in [-0.25, -0.2) is 0 Å². The summed E-state index contributed by atoms with van der Waals surface area (Å²) in [7, 11) is 0. The number of fused-ring (bicyclic) bond motifs is 3. The van der Waals surface area contributed by atoms with E-state index in [2.05, 4.69) is 218 Å². The molecule has 1 nitrogen and oxygen atoms in total. The van der Waals surface area contributed by atoms with Gasteiger partial charge in [0.05, 0.1) is 5.41 Å². The number of hydrogen-bond acceptors (Lipinski definition) is 1. The summed E-state index contributed by atoms with van der Waals surface area (Å²) in [6.07, 6.45) is 0. The second kappa shape index (κ2) is 12.8. The third-order valence-corrected chi connectivity index (χ3v) is 10.4. The Morgan fingerprint density at radius 2 is 0.765 bits per heavy atom. The van der Waals surface area contributed by atoms with E-state index in [9.17, 15) is 0 Å². The van der Waals surface area contributed by atoms with Crippen LogP contribution in [0.2, 0.25) is 0 Å². The normalized spacial score (nSPS) is 12.6. The molecular weight excluding hydrogens is 615 g/mol. The molecule has 0 atom stereocenters. The minimum atomic E-state index is -0.477. The highest BCUT2D eigenvalue weighted by Crippen LogP contribution is 2.56. The Balaban J connectivity index is 1.24. The molecule has 8 aromatic carbocycles. The average Bonchev–Trinajstić information content (AvgIpc) is 3.51. The smallest absolute Gasteiger partial charge is 0.0714 e. The summed E-state index contributed by atoms with van der Waals surface area (Å²) in [6, 6.07) is 75.3. The third-order valence-electron chi connectivity index (χ3n) is 10.4. The molecule has 242 valence electrons. The highest BCUT2D eigenvalue weighted by atomic mass is 15.1. The van der Waals surface area contributed by atoms with Crippen LogP contribution in [-0.2, 0) is 5.41 Å². The lowest BCUT2D eigenvalue weighted by Gasteiger charge is -2.35. The van der Waals surface area contributed by atoms with Crippen LogP contribution < -0.4 is 4.90 Å². The first-order valence-corrected chi connectivity index (χ1v) is 17.7. The van der Waals surface area contributed by atoms with Gasteiger partial charge in [0, 0.05) is 17.1 Å². The van der Waals surface area contributed by atoms with Gasteiger partial charge in [-0.2, -0.15) is 0 Å². The summed E-state index contributed by atoms with van der Waals surface area (Å²) in [4.78, 5) is 2.39. The number of rotatable bonds is 7. The summed E-state index contributed by atoms with van der Waals surface area (Å²) in [6.45, 7) is 2.19. The van der Waals surface area contributed by atoms with Crippen molar-refractivity contribution in [3.8, 4) is 33.4 Å². The van der Waals surface area contributed by atoms with Crippen LogP contribution in [0.4, 0.5) is 17.1 Å². The van der Waals surface area contributed by atoms with Crippen molar-refractivity contribution < 1.29 is 0 Å². The van der Waals surface area contributed by atoms with E-state index >= 15 is 0 Å². The zero-order valence-electron chi connectivity index (χ0n) is 28.6. The Labute approximate surface area is 300 Å². The second-order valence-electron chi connectivity index (χ2n) is 13.4. The van der Waals surface area contributed by atoms with Crippen molar-refractivity contribution >= 4 is 17.1 Å². The van der Waals surface area contributed by atoms with Crippen molar-refractivity contribution in [2.45, 2.75) is 12.3 Å². The van der Waals surface area contributed by atoms with Crippen LogP contribution in [0, 0.1) is 6.92 Å². The Morgan fingerprint density at radius 3 is 1.27 bits per heavy atom. The average molecular weight is 652 g/mol. The van der Waals surface area contributed by atoms with Crippen LogP contribution in [0.1, 0.15) is 27.8 Å². The van der Waals surface area contributed by atoms with Gasteiger partial charge in [0.1, 0.15) is 0 Å². The summed E-state index contributed by atoms with van der Waals surface area (Å²) in [5.41, 5.74) is 16.7. The molecule has 1 aliphatic rings. The minimum absolute atomic E-state index is 0.477. The van der Waals surface area contributed by atoms with Gasteiger partial charge in [-0.15, -0.1) is 0 Å². The van der Waals surface area contributed by atoms with Crippen LogP contribution >= 0.6 is 0 Å². The lowest BCUT2D eigenvalue weighted by atomic mass is 9.67. The second-order valence-corrected chi connectivity index (χ2v) is 13.4. The Morgan fingerprint density at radius 1 is 0.333 bits per heavy atom. The molecular formula is C50H37N. The molecule has 0 saturated carbocycles. The van der Waals surface area contributed by atoms with Gasteiger partial charge >= 0.3 is 0 Å². The van der Waals surface area contributed by atoms with Crippen LogP contribution in [0.5, 0.6) is 0 Å². The van der Waals surface area contributed by atoms with E-state index < -0.39 is 5.41 Å². The van der Waals surface area contributed by atoms with Gasteiger partial charge in [-0.05, 0) is 99.0 Å². The van der Waals surface area contributed by atoms with E-state index in [1.165, 1.54) is 61.2 Å². The first kappa shape index (κ1) is 30.6. The number of aryl methyl sites for hydroxylation is 1. The van der Waals surface area contributed by atoms with E-state index in [1.807, 2.05) is 0 Å². The Hall–Kier alpha value is -6.44. The van der Waals surface area contributed by atoms with Crippen LogP contribution in [0.15, 0.2) is 206 Å². The maximum absolute atomic E-state index is 2.41. The molecule has 0 saturated heterocycles. The maximum Gasteiger partial charge on any atom is 0.0714 e. The Bertz CT molecular complexity index is 2330. The fraction of sp³-hybridized carbons (Fsp3) is 0.0400. The van der Waals surface area contributed by atoms with Gasteiger partial charge in [-0.3, -0.25) is 0 Å². The molecule has 0 spiro atoms. The van der Waals surface area contributed by atoms with E-state index in [4.69, 9.17) is 0 Å². The molecule has 1 aliphatic carbocycles. The molecule has 8 aromatic rings. The molecule has 0 aliphatic heterocycles. The molecule has 0 bridgehead atoms. The molecule has 0 radical (unpaired) electrons. The first-order chi connectivity index (χ1) is 25.2. The fourth-order valence-corrected chi connectivity index (χ4v) is 8.09. The molecule has 0 unspecified atom stereocenters. The van der Waals surface area contributed by atoms with Crippen molar-refractivity contribution in [1.82, 2.24) is 0 Å². The quantitative estimate of drug-likeness (QED) is 0.166. The minimum Gasteiger partial charge on any atom is -0.310 e. The molecule has 0 heterocycles. The number of hydrogen-bond donors (Lipinski definition) is 0. The van der Waals surface area contributed by atoms with E-state index in [0.717, 1.165) is 17.1 Å². The number of benzene rings is 8. The number of nitrogens with zero attached hydrogens (tertiary/aromatic N) is 1. The van der Waals surface area contributed by atoms with Gasteiger partial charge in [-0.1, -0.05) is 175 Å². The molecule has 0 fully saturated rings. The van der Waals surface area contributed by atoms with Crippen LogP contribution in [0.3, 0.4) is 0 Å². The van der Waals surface area contributed by atoms with E-state index in [0.29, 0.717) is 0 Å². The first-order valence-electron chi connectivity index (χ1n) is 17.7. The molecule has 51 heavy (non-hydrogen) atoms. The predicted molar refractivity (Wildman–Crippen MR) is 214 cm³/mol. The van der Waals surface area contributed by atoms with Crippen molar-refractivity contribution in [2.75, 3.05) is 4.90 Å². The predicted octanol–water partition coefficient (Wildman–Crippen LogP) is 13.2. The van der Waals surface area contributed by atoms with E-state index in [1.54, 1.807) is 0 Å². The largest absolute Gasteiger partial charge is 0.310 e. The molecule has 0 N–H and O–H groups in total. The summed E-state index contributed by atoms with van der Waals surface area (Å²) in [5.74, 6) is 0. The van der Waals surface area contributed by atoms with Gasteiger partial charge in [0.2, 0.25) is 0 Å². The van der Waals surface area contributed by atoms with E-state index in [-0.39, 0.29) is 0 Å². The highest BCUT2D eigenvalue weighted by molar-refractivity contribution is 5.87. The lowest BCUT2D eigenvalue weighted by molar-refractivity contribution is 0.767. The van der Waals surface area contributed by atoms with Crippen molar-refractivity contribution in [2.24, 2.45) is 0 Å². The van der Waals surface area contributed by atoms with Gasteiger partial charge < -0.3 is 4.90 Å². The highest BCUT2D eigenvalue weighted by Gasteiger charge is 2.46. The van der Waals surface area contributed by atoms with Crippen molar-refractivity contribution in [3.05, 3.63) is 234 Å². The molecule has 0 amide bonds. The van der Waals surface area contributed by atoms with Crippen molar-refractivity contribution in [1.29, 1.82) is 0 Å². The summed E-state index contributed by atoms with van der Waals surface area (Å²) >= 11 is 0.